The van der Waals surface area contributed by atoms with Gasteiger partial charge >= 0.3 is 0 Å². The maximum absolute atomic E-state index is 9.39. The number of nitrogens with zero attached hydrogens (tertiary/aromatic N) is 1. The summed E-state index contributed by atoms with van der Waals surface area (Å²) in [6.45, 7) is 1.39. The number of hydrogen-bond donors (Lipinski definition) is 1. The van der Waals surface area contributed by atoms with E-state index < -0.39 is 6.10 Å². The summed E-state index contributed by atoms with van der Waals surface area (Å²) in [5, 5.41) is 9.39. The second-order valence-corrected chi connectivity index (χ2v) is 4.76. The molecule has 1 atom stereocenters. The topological polar surface area (TPSA) is 23.5 Å². The van der Waals surface area contributed by atoms with Gasteiger partial charge in [-0.15, -0.1) is 11.6 Å². The molecule has 0 fully saturated rings. The Hall–Kier alpha value is -0.0900. The van der Waals surface area contributed by atoms with Crippen LogP contribution in [0.1, 0.15) is 5.56 Å². The SMILES string of the molecule is CN(Cc1ccccc1Br)CC(O)CCl. The third-order valence-electron chi connectivity index (χ3n) is 2.10. The van der Waals surface area contributed by atoms with Crippen molar-refractivity contribution >= 4 is 27.5 Å². The zero-order valence-corrected chi connectivity index (χ0v) is 11.0. The maximum Gasteiger partial charge on any atom is 0.0802 e. The number of aliphatic hydroxyl groups is 1. The molecule has 1 unspecified atom stereocenters. The summed E-state index contributed by atoms with van der Waals surface area (Å²) >= 11 is 9.04. The normalized spacial score (nSPS) is 13.1. The minimum Gasteiger partial charge on any atom is -0.391 e. The van der Waals surface area contributed by atoms with Crippen molar-refractivity contribution in [2.75, 3.05) is 19.5 Å². The van der Waals surface area contributed by atoms with Crippen LogP contribution >= 0.6 is 27.5 Å². The Balaban J connectivity index is 2.51. The van der Waals surface area contributed by atoms with Gasteiger partial charge in [0, 0.05) is 23.4 Å². The zero-order chi connectivity index (χ0) is 11.3. The quantitative estimate of drug-likeness (QED) is 0.843. The van der Waals surface area contributed by atoms with Gasteiger partial charge in [0.05, 0.1) is 6.10 Å². The van der Waals surface area contributed by atoms with Gasteiger partial charge in [0.25, 0.3) is 0 Å². The highest BCUT2D eigenvalue weighted by molar-refractivity contribution is 9.10. The summed E-state index contributed by atoms with van der Waals surface area (Å²) in [5.41, 5.74) is 1.21. The molecule has 0 aliphatic carbocycles. The molecule has 84 valence electrons. The molecule has 0 amide bonds. The molecule has 0 saturated carbocycles. The van der Waals surface area contributed by atoms with Crippen LogP contribution in [0.25, 0.3) is 0 Å². The summed E-state index contributed by atoms with van der Waals surface area (Å²) in [5.74, 6) is 0.278. The van der Waals surface area contributed by atoms with Crippen molar-refractivity contribution < 1.29 is 5.11 Å². The third kappa shape index (κ3) is 4.51. The van der Waals surface area contributed by atoms with E-state index in [9.17, 15) is 5.11 Å². The van der Waals surface area contributed by atoms with Crippen molar-refractivity contribution in [2.24, 2.45) is 0 Å². The first-order chi connectivity index (χ1) is 7.13. The van der Waals surface area contributed by atoms with E-state index >= 15 is 0 Å². The molecule has 1 N–H and O–H groups in total. The van der Waals surface area contributed by atoms with Crippen molar-refractivity contribution in [3.8, 4) is 0 Å². The average Bonchev–Trinajstić information content (AvgIpc) is 2.21. The van der Waals surface area contributed by atoms with E-state index in [-0.39, 0.29) is 5.88 Å². The second kappa shape index (κ2) is 6.48. The number of rotatable bonds is 5. The van der Waals surface area contributed by atoms with Crippen molar-refractivity contribution in [3.05, 3.63) is 34.3 Å². The molecule has 1 aromatic carbocycles. The summed E-state index contributed by atoms with van der Waals surface area (Å²) in [4.78, 5) is 2.05. The summed E-state index contributed by atoms with van der Waals surface area (Å²) < 4.78 is 1.09. The molecular weight excluding hydrogens is 277 g/mol. The minimum absolute atomic E-state index is 0.278. The summed E-state index contributed by atoms with van der Waals surface area (Å²) in [6.07, 6.45) is -0.459. The molecule has 2 nitrogen and oxygen atoms in total. The minimum atomic E-state index is -0.459. The Labute approximate surface area is 104 Å². The van der Waals surface area contributed by atoms with Gasteiger partial charge in [-0.2, -0.15) is 0 Å². The Morgan fingerprint density at radius 3 is 2.73 bits per heavy atom. The predicted octanol–water partition coefficient (Wildman–Crippen LogP) is 2.48. The monoisotopic (exact) mass is 291 g/mol. The first kappa shape index (κ1) is 13.0. The molecule has 0 aliphatic heterocycles. The maximum atomic E-state index is 9.39. The van der Waals surface area contributed by atoms with Crippen LogP contribution in [0.15, 0.2) is 28.7 Å². The standard InChI is InChI=1S/C11H15BrClNO/c1-14(8-10(15)6-13)7-9-4-2-3-5-11(9)12/h2-5,10,15H,6-8H2,1H3. The van der Waals surface area contributed by atoms with Crippen molar-refractivity contribution in [1.29, 1.82) is 0 Å². The van der Waals surface area contributed by atoms with E-state index in [1.807, 2.05) is 30.1 Å². The van der Waals surface area contributed by atoms with Gasteiger partial charge in [0.15, 0.2) is 0 Å². The lowest BCUT2D eigenvalue weighted by Gasteiger charge is -2.19. The van der Waals surface area contributed by atoms with Gasteiger partial charge in [-0.05, 0) is 18.7 Å². The van der Waals surface area contributed by atoms with Crippen LogP contribution in [0.4, 0.5) is 0 Å². The molecule has 0 aromatic heterocycles. The molecule has 0 radical (unpaired) electrons. The van der Waals surface area contributed by atoms with Crippen LogP contribution in [0, 0.1) is 0 Å². The van der Waals surface area contributed by atoms with Crippen molar-refractivity contribution in [1.82, 2.24) is 4.90 Å². The number of benzene rings is 1. The largest absolute Gasteiger partial charge is 0.391 e. The zero-order valence-electron chi connectivity index (χ0n) is 8.66. The highest BCUT2D eigenvalue weighted by Crippen LogP contribution is 2.17. The Morgan fingerprint density at radius 2 is 2.13 bits per heavy atom. The highest BCUT2D eigenvalue weighted by Gasteiger charge is 2.08. The lowest BCUT2D eigenvalue weighted by Crippen LogP contribution is -2.29. The van der Waals surface area contributed by atoms with Gasteiger partial charge in [-0.3, -0.25) is 4.90 Å². The van der Waals surface area contributed by atoms with Gasteiger partial charge in [-0.25, -0.2) is 0 Å². The number of aliphatic hydroxyl groups excluding tert-OH is 1. The first-order valence-electron chi connectivity index (χ1n) is 4.79. The predicted molar refractivity (Wildman–Crippen MR) is 67.2 cm³/mol. The molecule has 0 aliphatic rings. The fraction of sp³-hybridized carbons (Fsp3) is 0.455. The van der Waals surface area contributed by atoms with Crippen LogP contribution < -0.4 is 0 Å². The number of alkyl halides is 1. The van der Waals surface area contributed by atoms with Crippen LogP contribution in [-0.4, -0.2) is 35.6 Å². The second-order valence-electron chi connectivity index (χ2n) is 3.60. The molecule has 1 rings (SSSR count). The van der Waals surface area contributed by atoms with Gasteiger partial charge in [-0.1, -0.05) is 34.1 Å². The van der Waals surface area contributed by atoms with E-state index in [0.717, 1.165) is 11.0 Å². The lowest BCUT2D eigenvalue weighted by atomic mass is 10.2. The molecular formula is C11H15BrClNO. The van der Waals surface area contributed by atoms with Gasteiger partial charge in [0.2, 0.25) is 0 Å². The Morgan fingerprint density at radius 1 is 1.47 bits per heavy atom. The first-order valence-corrected chi connectivity index (χ1v) is 6.12. The molecule has 15 heavy (non-hydrogen) atoms. The van der Waals surface area contributed by atoms with E-state index in [0.29, 0.717) is 6.54 Å². The number of halogens is 2. The molecule has 0 heterocycles. The molecule has 0 bridgehead atoms. The Bertz CT molecular complexity index is 308. The molecule has 4 heteroatoms. The molecule has 0 saturated heterocycles. The van der Waals surface area contributed by atoms with Crippen LogP contribution in [0.3, 0.4) is 0 Å². The van der Waals surface area contributed by atoms with Crippen molar-refractivity contribution in [3.63, 3.8) is 0 Å². The Kier molecular flexibility index (Phi) is 5.61. The number of likely N-dealkylation sites (N-methyl/N-ethyl adjacent to an activating group) is 1. The van der Waals surface area contributed by atoms with E-state index in [1.165, 1.54) is 5.56 Å². The van der Waals surface area contributed by atoms with Crippen molar-refractivity contribution in [2.45, 2.75) is 12.6 Å². The fourth-order valence-corrected chi connectivity index (χ4v) is 1.90. The highest BCUT2D eigenvalue weighted by atomic mass is 79.9. The van der Waals surface area contributed by atoms with Gasteiger partial charge < -0.3 is 5.11 Å². The van der Waals surface area contributed by atoms with Crippen LogP contribution in [-0.2, 0) is 6.54 Å². The van der Waals surface area contributed by atoms with E-state index in [4.69, 9.17) is 11.6 Å². The van der Waals surface area contributed by atoms with Crippen LogP contribution in [0.5, 0.6) is 0 Å². The average molecular weight is 293 g/mol. The van der Waals surface area contributed by atoms with Gasteiger partial charge in [0.1, 0.15) is 0 Å². The molecule has 1 aromatic rings. The fourth-order valence-electron chi connectivity index (χ4n) is 1.39. The summed E-state index contributed by atoms with van der Waals surface area (Å²) in [6, 6.07) is 8.07. The third-order valence-corrected chi connectivity index (χ3v) is 3.23. The lowest BCUT2D eigenvalue weighted by molar-refractivity contribution is 0.141. The van der Waals surface area contributed by atoms with E-state index in [1.54, 1.807) is 0 Å². The van der Waals surface area contributed by atoms with Crippen LogP contribution in [0.2, 0.25) is 0 Å². The summed E-state index contributed by atoms with van der Waals surface area (Å²) in [7, 11) is 1.97. The number of hydrogen-bond acceptors (Lipinski definition) is 2. The van der Waals surface area contributed by atoms with E-state index in [2.05, 4.69) is 22.0 Å². The molecule has 0 spiro atoms. The smallest absolute Gasteiger partial charge is 0.0802 e.